The Hall–Kier alpha value is -2.44. The summed E-state index contributed by atoms with van der Waals surface area (Å²) in [6.45, 7) is 6.38. The van der Waals surface area contributed by atoms with Gasteiger partial charge in [0.05, 0.1) is 25.2 Å². The molecular formula is C60H109NO5. The predicted octanol–water partition coefficient (Wildman–Crippen LogP) is 17.6. The zero-order chi connectivity index (χ0) is 48.1. The maximum atomic E-state index is 13.3. The molecule has 0 bridgehead atoms. The van der Waals surface area contributed by atoms with Crippen LogP contribution in [0.2, 0.25) is 0 Å². The van der Waals surface area contributed by atoms with Gasteiger partial charge in [0.1, 0.15) is 6.10 Å². The molecule has 0 heterocycles. The summed E-state index contributed by atoms with van der Waals surface area (Å²) in [5, 5.41) is 23.9. The lowest BCUT2D eigenvalue weighted by Crippen LogP contribution is -2.46. The van der Waals surface area contributed by atoms with Crippen LogP contribution in [0.25, 0.3) is 0 Å². The number of aliphatic hydroxyl groups excluding tert-OH is 2. The fourth-order valence-corrected chi connectivity index (χ4v) is 8.59. The van der Waals surface area contributed by atoms with Crippen LogP contribution in [0.15, 0.2) is 60.8 Å². The van der Waals surface area contributed by atoms with Crippen molar-refractivity contribution in [1.82, 2.24) is 5.32 Å². The molecule has 0 rings (SSSR count). The quantitative estimate of drug-likeness (QED) is 0.0244. The molecule has 3 N–H and O–H groups in total. The molecule has 1 amide bonds. The number of amides is 1. The summed E-state index contributed by atoms with van der Waals surface area (Å²) in [6, 6.07) is -0.716. The maximum absolute atomic E-state index is 13.3. The molecule has 0 saturated heterocycles. The molecule has 0 aromatic heterocycles. The van der Waals surface area contributed by atoms with Crippen molar-refractivity contribution >= 4 is 11.9 Å². The average Bonchev–Trinajstić information content (AvgIpc) is 3.31. The largest absolute Gasteiger partial charge is 0.462 e. The second kappa shape index (κ2) is 53.5. The highest BCUT2D eigenvalue weighted by atomic mass is 16.5. The van der Waals surface area contributed by atoms with Crippen LogP contribution < -0.4 is 5.32 Å². The molecule has 0 radical (unpaired) electrons. The first kappa shape index (κ1) is 63.6. The Morgan fingerprint density at radius 2 is 0.879 bits per heavy atom. The highest BCUT2D eigenvalue weighted by Crippen LogP contribution is 2.18. The lowest BCUT2D eigenvalue weighted by Gasteiger charge is -2.24. The van der Waals surface area contributed by atoms with Crippen LogP contribution in [0, 0.1) is 0 Å². The number of rotatable bonds is 51. The Morgan fingerprint density at radius 1 is 0.470 bits per heavy atom. The van der Waals surface area contributed by atoms with Crippen LogP contribution in [0.4, 0.5) is 0 Å². The molecule has 3 atom stereocenters. The number of allylic oxidation sites excluding steroid dienone is 10. The molecule has 0 aromatic carbocycles. The summed E-state index contributed by atoms with van der Waals surface area (Å²) in [6.07, 6.45) is 67.1. The van der Waals surface area contributed by atoms with E-state index in [1.807, 2.05) is 0 Å². The van der Waals surface area contributed by atoms with Gasteiger partial charge in [-0.2, -0.15) is 0 Å². The van der Waals surface area contributed by atoms with Gasteiger partial charge in [0.15, 0.2) is 0 Å². The molecule has 0 fully saturated rings. The molecule has 3 unspecified atom stereocenters. The maximum Gasteiger partial charge on any atom is 0.306 e. The molecule has 0 aliphatic heterocycles. The third kappa shape index (κ3) is 48.0. The van der Waals surface area contributed by atoms with E-state index in [1.165, 1.54) is 148 Å². The number of esters is 1. The SMILES string of the molecule is CC/C=C/C/C=C/CCCCCCCCCC(=O)OC(CCCCC/C=C/C=C/C=C/CCCCCCC)CC(=O)NC(CO)C(O)CCCCCCCCCCCCCCCCCCC. The summed E-state index contributed by atoms with van der Waals surface area (Å²) in [5.41, 5.74) is 0. The summed E-state index contributed by atoms with van der Waals surface area (Å²) in [7, 11) is 0. The van der Waals surface area contributed by atoms with E-state index in [0.717, 1.165) is 89.9 Å². The molecule has 66 heavy (non-hydrogen) atoms. The number of nitrogens with one attached hydrogen (secondary N) is 1. The Balaban J connectivity index is 4.60. The minimum absolute atomic E-state index is 0.0513. The normalized spacial score (nSPS) is 13.6. The van der Waals surface area contributed by atoms with Gasteiger partial charge in [0, 0.05) is 6.42 Å². The average molecular weight is 925 g/mol. The van der Waals surface area contributed by atoms with Gasteiger partial charge in [-0.05, 0) is 77.0 Å². The second-order valence-electron chi connectivity index (χ2n) is 19.4. The van der Waals surface area contributed by atoms with Crippen LogP contribution in [0.5, 0.6) is 0 Å². The first-order chi connectivity index (χ1) is 32.5. The van der Waals surface area contributed by atoms with E-state index in [4.69, 9.17) is 4.74 Å². The molecule has 0 saturated carbocycles. The zero-order valence-electron chi connectivity index (χ0n) is 43.8. The standard InChI is InChI=1S/C60H109NO5/c1-4-7-10-13-16-19-22-25-28-30-32-34-37-40-43-46-49-52-58(63)57(55-62)61-59(64)54-56(51-48-45-42-39-36-33-31-29-26-23-20-17-14-11-8-5-2)66-60(65)53-50-47-44-41-38-35-27-24-21-18-15-12-9-6-3/h9,12,18,21,23,26,29,31,33,36,56-58,62-63H,4-8,10-11,13-17,19-20,22,24-25,27-28,30,32,34-35,37-55H2,1-3H3,(H,61,64)/b12-9+,21-18+,26-23+,31-29+,36-33+. The third-order valence-corrected chi connectivity index (χ3v) is 12.9. The Bertz CT molecular complexity index is 1170. The molecule has 0 aromatic rings. The third-order valence-electron chi connectivity index (χ3n) is 12.9. The first-order valence-electron chi connectivity index (χ1n) is 28.5. The van der Waals surface area contributed by atoms with Gasteiger partial charge in [-0.1, -0.05) is 255 Å². The highest BCUT2D eigenvalue weighted by molar-refractivity contribution is 5.77. The Labute approximate surface area is 409 Å². The van der Waals surface area contributed by atoms with Gasteiger partial charge in [-0.3, -0.25) is 9.59 Å². The molecular weight excluding hydrogens is 815 g/mol. The van der Waals surface area contributed by atoms with E-state index < -0.39 is 18.2 Å². The molecule has 6 heteroatoms. The van der Waals surface area contributed by atoms with Crippen molar-refractivity contribution < 1.29 is 24.5 Å². The second-order valence-corrected chi connectivity index (χ2v) is 19.4. The van der Waals surface area contributed by atoms with Crippen LogP contribution in [0.1, 0.15) is 284 Å². The first-order valence-corrected chi connectivity index (χ1v) is 28.5. The van der Waals surface area contributed by atoms with Crippen molar-refractivity contribution in [2.45, 2.75) is 302 Å². The van der Waals surface area contributed by atoms with Crippen LogP contribution in [-0.2, 0) is 14.3 Å². The number of carbonyl (C=O) groups is 2. The smallest absolute Gasteiger partial charge is 0.306 e. The van der Waals surface area contributed by atoms with Gasteiger partial charge in [-0.25, -0.2) is 0 Å². The van der Waals surface area contributed by atoms with E-state index in [-0.39, 0.29) is 24.9 Å². The highest BCUT2D eigenvalue weighted by Gasteiger charge is 2.24. The topological polar surface area (TPSA) is 95.9 Å². The number of hydrogen-bond acceptors (Lipinski definition) is 5. The zero-order valence-corrected chi connectivity index (χ0v) is 43.8. The van der Waals surface area contributed by atoms with Crippen LogP contribution in [-0.4, -0.2) is 46.9 Å². The summed E-state index contributed by atoms with van der Waals surface area (Å²) in [5.74, 6) is -0.511. The Kier molecular flexibility index (Phi) is 51.5. The molecule has 384 valence electrons. The fourth-order valence-electron chi connectivity index (χ4n) is 8.59. The van der Waals surface area contributed by atoms with Gasteiger partial charge in [0.2, 0.25) is 5.91 Å². The minimum Gasteiger partial charge on any atom is -0.462 e. The van der Waals surface area contributed by atoms with E-state index in [0.29, 0.717) is 19.3 Å². The fraction of sp³-hybridized carbons (Fsp3) is 0.800. The summed E-state index contributed by atoms with van der Waals surface area (Å²) >= 11 is 0. The molecule has 0 aliphatic rings. The molecule has 0 aliphatic carbocycles. The predicted molar refractivity (Wildman–Crippen MR) is 287 cm³/mol. The number of hydrogen-bond donors (Lipinski definition) is 3. The molecule has 0 spiro atoms. The van der Waals surface area contributed by atoms with Gasteiger partial charge < -0.3 is 20.3 Å². The van der Waals surface area contributed by atoms with E-state index >= 15 is 0 Å². The van der Waals surface area contributed by atoms with E-state index in [9.17, 15) is 19.8 Å². The lowest BCUT2D eigenvalue weighted by atomic mass is 10.0. The van der Waals surface area contributed by atoms with Crippen LogP contribution >= 0.6 is 0 Å². The number of unbranched alkanes of at least 4 members (excludes halogenated alkanes) is 31. The van der Waals surface area contributed by atoms with Crippen molar-refractivity contribution in [3.63, 3.8) is 0 Å². The van der Waals surface area contributed by atoms with Gasteiger partial charge in [-0.15, -0.1) is 0 Å². The van der Waals surface area contributed by atoms with Crippen molar-refractivity contribution in [3.8, 4) is 0 Å². The lowest BCUT2D eigenvalue weighted by molar-refractivity contribution is -0.151. The molecule has 6 nitrogen and oxygen atoms in total. The van der Waals surface area contributed by atoms with Crippen molar-refractivity contribution in [3.05, 3.63) is 60.8 Å². The summed E-state index contributed by atoms with van der Waals surface area (Å²) in [4.78, 5) is 26.2. The van der Waals surface area contributed by atoms with Gasteiger partial charge >= 0.3 is 5.97 Å². The van der Waals surface area contributed by atoms with Crippen molar-refractivity contribution in [1.29, 1.82) is 0 Å². The van der Waals surface area contributed by atoms with Gasteiger partial charge in [0.25, 0.3) is 0 Å². The van der Waals surface area contributed by atoms with Crippen molar-refractivity contribution in [2.24, 2.45) is 0 Å². The van der Waals surface area contributed by atoms with E-state index in [1.54, 1.807) is 0 Å². The minimum atomic E-state index is -0.801. The van der Waals surface area contributed by atoms with Crippen LogP contribution in [0.3, 0.4) is 0 Å². The number of aliphatic hydroxyl groups is 2. The summed E-state index contributed by atoms with van der Waals surface area (Å²) < 4.78 is 5.94. The van der Waals surface area contributed by atoms with E-state index in [2.05, 4.69) is 86.8 Å². The van der Waals surface area contributed by atoms with Crippen molar-refractivity contribution in [2.75, 3.05) is 6.61 Å². The number of ether oxygens (including phenoxy) is 1. The monoisotopic (exact) mass is 924 g/mol. The Morgan fingerprint density at radius 3 is 1.36 bits per heavy atom. The number of carbonyl (C=O) groups excluding carboxylic acids is 2.